The highest BCUT2D eigenvalue weighted by Crippen LogP contribution is 2.16. The number of para-hydroxylation sites is 2. The Bertz CT molecular complexity index is 704. The third kappa shape index (κ3) is 4.13. The van der Waals surface area contributed by atoms with Gasteiger partial charge < -0.3 is 14.8 Å². The van der Waals surface area contributed by atoms with Crippen molar-refractivity contribution in [2.45, 2.75) is 40.2 Å². The van der Waals surface area contributed by atoms with E-state index in [9.17, 15) is 9.59 Å². The molecule has 0 unspecified atom stereocenters. The largest absolute Gasteiger partial charge is 0.356 e. The van der Waals surface area contributed by atoms with Crippen molar-refractivity contribution >= 4 is 22.8 Å². The molecule has 0 atom stereocenters. The molecule has 2 amide bonds. The molecule has 0 aliphatic rings. The summed E-state index contributed by atoms with van der Waals surface area (Å²) < 4.78 is 1.97. The average Bonchev–Trinajstić information content (AvgIpc) is 2.93. The number of aromatic nitrogens is 2. The number of imidazole rings is 1. The van der Waals surface area contributed by atoms with Gasteiger partial charge in [-0.05, 0) is 26.0 Å². The maximum absolute atomic E-state index is 12.5. The van der Waals surface area contributed by atoms with Crippen LogP contribution in [0.4, 0.5) is 0 Å². The van der Waals surface area contributed by atoms with Crippen LogP contribution in [0.15, 0.2) is 24.3 Å². The first-order valence-electron chi connectivity index (χ1n) is 8.59. The summed E-state index contributed by atoms with van der Waals surface area (Å²) in [5.41, 5.74) is 1.83. The zero-order chi connectivity index (χ0) is 17.5. The summed E-state index contributed by atoms with van der Waals surface area (Å²) in [6.07, 6.45) is 1.07. The molecule has 0 saturated heterocycles. The minimum absolute atomic E-state index is 0.0249. The van der Waals surface area contributed by atoms with Gasteiger partial charge in [-0.1, -0.05) is 19.1 Å². The molecule has 1 N–H and O–H groups in total. The van der Waals surface area contributed by atoms with Crippen LogP contribution in [0.1, 0.15) is 33.0 Å². The number of hydrogen-bond acceptors (Lipinski definition) is 3. The van der Waals surface area contributed by atoms with E-state index in [2.05, 4.69) is 10.3 Å². The fourth-order valence-electron chi connectivity index (χ4n) is 2.74. The predicted molar refractivity (Wildman–Crippen MR) is 94.7 cm³/mol. The number of likely N-dealkylation sites (N-methyl/N-ethyl adjacent to an activating group) is 1. The lowest BCUT2D eigenvalue weighted by Crippen LogP contribution is -2.34. The molecule has 24 heavy (non-hydrogen) atoms. The standard InChI is InChI=1S/C18H26N4O2/c1-4-17(23)19-12-11-16-20-14-9-7-8-10-15(14)22(16)13-18(24)21(5-2)6-3/h7-10H,4-6,11-13H2,1-3H3,(H,19,23). The van der Waals surface area contributed by atoms with Crippen LogP contribution in [0.5, 0.6) is 0 Å². The van der Waals surface area contributed by atoms with Crippen molar-refractivity contribution in [2.75, 3.05) is 19.6 Å². The van der Waals surface area contributed by atoms with E-state index in [1.54, 1.807) is 0 Å². The van der Waals surface area contributed by atoms with Gasteiger partial charge in [-0.2, -0.15) is 0 Å². The van der Waals surface area contributed by atoms with E-state index in [0.29, 0.717) is 32.5 Å². The van der Waals surface area contributed by atoms with Crippen LogP contribution in [0.2, 0.25) is 0 Å². The molecule has 1 heterocycles. The Kier molecular flexibility index (Phi) is 6.35. The van der Waals surface area contributed by atoms with E-state index in [-0.39, 0.29) is 18.4 Å². The lowest BCUT2D eigenvalue weighted by Gasteiger charge is -2.20. The first-order chi connectivity index (χ1) is 11.6. The number of fused-ring (bicyclic) bond motifs is 1. The lowest BCUT2D eigenvalue weighted by molar-refractivity contribution is -0.131. The van der Waals surface area contributed by atoms with Crippen molar-refractivity contribution in [3.05, 3.63) is 30.1 Å². The third-order valence-corrected chi connectivity index (χ3v) is 4.14. The number of benzene rings is 1. The number of carbonyl (C=O) groups excluding carboxylic acids is 2. The quantitative estimate of drug-likeness (QED) is 0.805. The molecule has 0 fully saturated rings. The maximum atomic E-state index is 12.5. The SMILES string of the molecule is CCC(=O)NCCc1nc2ccccc2n1CC(=O)N(CC)CC. The Morgan fingerprint density at radius 2 is 1.88 bits per heavy atom. The molecule has 0 aliphatic carbocycles. The number of nitrogens with one attached hydrogen (secondary N) is 1. The van der Waals surface area contributed by atoms with Crippen LogP contribution in [0, 0.1) is 0 Å². The van der Waals surface area contributed by atoms with Crippen molar-refractivity contribution in [1.82, 2.24) is 19.8 Å². The van der Waals surface area contributed by atoms with E-state index >= 15 is 0 Å². The van der Waals surface area contributed by atoms with Crippen LogP contribution < -0.4 is 5.32 Å². The topological polar surface area (TPSA) is 67.2 Å². The summed E-state index contributed by atoms with van der Waals surface area (Å²) in [7, 11) is 0. The highest BCUT2D eigenvalue weighted by Gasteiger charge is 2.16. The Morgan fingerprint density at radius 3 is 2.54 bits per heavy atom. The number of nitrogens with zero attached hydrogens (tertiary/aromatic N) is 3. The van der Waals surface area contributed by atoms with Gasteiger partial charge in [0.25, 0.3) is 0 Å². The number of amides is 2. The second kappa shape index (κ2) is 8.47. The first kappa shape index (κ1) is 18.0. The molecule has 6 heteroatoms. The average molecular weight is 330 g/mol. The Balaban J connectivity index is 2.23. The van der Waals surface area contributed by atoms with Crippen LogP contribution >= 0.6 is 0 Å². The fraction of sp³-hybridized carbons (Fsp3) is 0.500. The summed E-state index contributed by atoms with van der Waals surface area (Å²) in [5, 5.41) is 2.86. The minimum Gasteiger partial charge on any atom is -0.356 e. The normalized spacial score (nSPS) is 10.8. The van der Waals surface area contributed by atoms with Crippen LogP contribution in [0.25, 0.3) is 11.0 Å². The van der Waals surface area contributed by atoms with Crippen LogP contribution in [0.3, 0.4) is 0 Å². The van der Waals surface area contributed by atoms with Gasteiger partial charge in [0.2, 0.25) is 11.8 Å². The molecule has 0 bridgehead atoms. The van der Waals surface area contributed by atoms with Crippen molar-refractivity contribution in [1.29, 1.82) is 0 Å². The highest BCUT2D eigenvalue weighted by molar-refractivity contribution is 5.81. The molecule has 0 saturated carbocycles. The van der Waals surface area contributed by atoms with E-state index in [0.717, 1.165) is 16.9 Å². The number of hydrogen-bond donors (Lipinski definition) is 1. The summed E-state index contributed by atoms with van der Waals surface area (Å²) in [4.78, 5) is 30.4. The van der Waals surface area contributed by atoms with Gasteiger partial charge in [0.05, 0.1) is 11.0 Å². The second-order valence-corrected chi connectivity index (χ2v) is 5.62. The zero-order valence-electron chi connectivity index (χ0n) is 14.7. The zero-order valence-corrected chi connectivity index (χ0v) is 14.7. The summed E-state index contributed by atoms with van der Waals surface area (Å²) in [6, 6.07) is 7.81. The molecular formula is C18H26N4O2. The number of carbonyl (C=O) groups is 2. The van der Waals surface area contributed by atoms with E-state index in [1.807, 2.05) is 54.5 Å². The minimum atomic E-state index is 0.0249. The van der Waals surface area contributed by atoms with E-state index < -0.39 is 0 Å². The smallest absolute Gasteiger partial charge is 0.242 e. The highest BCUT2D eigenvalue weighted by atomic mass is 16.2. The van der Waals surface area contributed by atoms with E-state index in [4.69, 9.17) is 0 Å². The summed E-state index contributed by atoms with van der Waals surface area (Å²) in [6.45, 7) is 7.99. The van der Waals surface area contributed by atoms with Gasteiger partial charge in [0.15, 0.2) is 0 Å². The molecule has 1 aromatic heterocycles. The molecule has 6 nitrogen and oxygen atoms in total. The molecule has 2 aromatic rings. The van der Waals surface area contributed by atoms with Crippen molar-refractivity contribution in [2.24, 2.45) is 0 Å². The van der Waals surface area contributed by atoms with Crippen LogP contribution in [-0.2, 0) is 22.6 Å². The fourth-order valence-corrected chi connectivity index (χ4v) is 2.74. The van der Waals surface area contributed by atoms with E-state index in [1.165, 1.54) is 0 Å². The maximum Gasteiger partial charge on any atom is 0.242 e. The molecule has 0 radical (unpaired) electrons. The van der Waals surface area contributed by atoms with Crippen molar-refractivity contribution < 1.29 is 9.59 Å². The second-order valence-electron chi connectivity index (χ2n) is 5.62. The Hall–Kier alpha value is -2.37. The van der Waals surface area contributed by atoms with Gasteiger partial charge in [-0.3, -0.25) is 9.59 Å². The molecular weight excluding hydrogens is 304 g/mol. The Morgan fingerprint density at radius 1 is 1.17 bits per heavy atom. The monoisotopic (exact) mass is 330 g/mol. The van der Waals surface area contributed by atoms with Gasteiger partial charge in [-0.15, -0.1) is 0 Å². The molecule has 0 spiro atoms. The number of rotatable bonds is 8. The molecule has 2 rings (SSSR count). The molecule has 130 valence electrons. The summed E-state index contributed by atoms with van der Waals surface area (Å²) in [5.74, 6) is 0.937. The first-order valence-corrected chi connectivity index (χ1v) is 8.59. The molecule has 1 aromatic carbocycles. The van der Waals surface area contributed by atoms with Crippen LogP contribution in [-0.4, -0.2) is 45.9 Å². The van der Waals surface area contributed by atoms with Crippen molar-refractivity contribution in [3.8, 4) is 0 Å². The van der Waals surface area contributed by atoms with Gasteiger partial charge in [0, 0.05) is 32.5 Å². The molecule has 0 aliphatic heterocycles. The Labute approximate surface area is 142 Å². The van der Waals surface area contributed by atoms with Gasteiger partial charge >= 0.3 is 0 Å². The predicted octanol–water partition coefficient (Wildman–Crippen LogP) is 1.97. The van der Waals surface area contributed by atoms with Gasteiger partial charge in [-0.25, -0.2) is 4.98 Å². The third-order valence-electron chi connectivity index (χ3n) is 4.14. The van der Waals surface area contributed by atoms with Crippen molar-refractivity contribution in [3.63, 3.8) is 0 Å². The lowest BCUT2D eigenvalue weighted by atomic mass is 10.3. The summed E-state index contributed by atoms with van der Waals surface area (Å²) >= 11 is 0. The van der Waals surface area contributed by atoms with Gasteiger partial charge in [0.1, 0.15) is 12.4 Å².